The van der Waals surface area contributed by atoms with E-state index in [2.05, 4.69) is 20.4 Å². The predicted molar refractivity (Wildman–Crippen MR) is 141 cm³/mol. The number of piperidine rings is 1. The van der Waals surface area contributed by atoms with Gasteiger partial charge in [-0.05, 0) is 52.4 Å². The lowest BCUT2D eigenvalue weighted by Gasteiger charge is -2.31. The number of imidazole rings is 1. The van der Waals surface area contributed by atoms with E-state index >= 15 is 4.39 Å². The summed E-state index contributed by atoms with van der Waals surface area (Å²) < 4.78 is 71.4. The maximum absolute atomic E-state index is 15.1. The molecule has 2 N–H and O–H groups in total. The Bertz CT molecular complexity index is 1640. The number of ether oxygens (including phenoxy) is 2. The molecule has 2 aliphatic rings. The first-order valence-corrected chi connectivity index (χ1v) is 13.3. The molecule has 0 saturated carbocycles. The van der Waals surface area contributed by atoms with E-state index in [1.165, 1.54) is 41.2 Å². The smallest absolute Gasteiger partial charge is 0.433 e. The topological polar surface area (TPSA) is 106 Å². The van der Waals surface area contributed by atoms with Crippen LogP contribution in [0.4, 0.5) is 23.2 Å². The van der Waals surface area contributed by atoms with Gasteiger partial charge in [0.15, 0.2) is 29.2 Å². The van der Waals surface area contributed by atoms with Crippen LogP contribution in [0.1, 0.15) is 56.1 Å². The van der Waals surface area contributed by atoms with Gasteiger partial charge in [0.1, 0.15) is 17.3 Å². The van der Waals surface area contributed by atoms with Crippen molar-refractivity contribution < 1.29 is 27.0 Å². The zero-order valence-electron chi connectivity index (χ0n) is 22.6. The van der Waals surface area contributed by atoms with Gasteiger partial charge in [-0.15, -0.1) is 0 Å². The zero-order chi connectivity index (χ0) is 29.1. The van der Waals surface area contributed by atoms with Crippen LogP contribution in [-0.4, -0.2) is 55.6 Å². The Morgan fingerprint density at radius 3 is 2.73 bits per heavy atom. The van der Waals surface area contributed by atoms with Gasteiger partial charge in [0.2, 0.25) is 0 Å². The largest absolute Gasteiger partial charge is 0.452 e. The fourth-order valence-electron chi connectivity index (χ4n) is 5.51. The van der Waals surface area contributed by atoms with E-state index < -0.39 is 30.0 Å². The monoisotopic (exact) mass is 575 g/mol. The molecule has 0 radical (unpaired) electrons. The molecule has 3 aromatic heterocycles. The molecule has 2 fully saturated rings. The number of halogens is 4. The quantitative estimate of drug-likeness (QED) is 0.230. The van der Waals surface area contributed by atoms with Crippen molar-refractivity contribution in [3.8, 4) is 11.5 Å². The number of H-pyrrole nitrogens is 1. The van der Waals surface area contributed by atoms with E-state index in [9.17, 15) is 18.0 Å². The number of pyridine rings is 1. The van der Waals surface area contributed by atoms with Crippen LogP contribution < -0.4 is 15.7 Å². The Hall–Kier alpha value is -3.91. The molecule has 2 saturated heterocycles. The lowest BCUT2D eigenvalue weighted by Crippen LogP contribution is -2.35. The van der Waals surface area contributed by atoms with E-state index in [1.807, 2.05) is 25.8 Å². The van der Waals surface area contributed by atoms with Gasteiger partial charge in [-0.25, -0.2) is 14.2 Å². The van der Waals surface area contributed by atoms with Gasteiger partial charge in [-0.2, -0.15) is 18.3 Å². The number of nitrogens with zero attached hydrogens (tertiary/aromatic N) is 5. The second kappa shape index (κ2) is 10.2. The summed E-state index contributed by atoms with van der Waals surface area (Å²) >= 11 is 0. The summed E-state index contributed by atoms with van der Waals surface area (Å²) in [4.78, 5) is 21.2. The number of aromatic amines is 1. The average molecular weight is 576 g/mol. The van der Waals surface area contributed by atoms with Crippen molar-refractivity contribution in [1.82, 2.24) is 29.2 Å². The first kappa shape index (κ1) is 27.3. The normalized spacial score (nSPS) is 21.5. The summed E-state index contributed by atoms with van der Waals surface area (Å²) in [6, 6.07) is 5.06. The van der Waals surface area contributed by atoms with E-state index in [0.29, 0.717) is 29.8 Å². The number of likely N-dealkylation sites (tertiary alicyclic amines) is 1. The summed E-state index contributed by atoms with van der Waals surface area (Å²) in [6.07, 6.45) is -2.21. The number of fused-ring (bicyclic) bond motifs is 1. The molecule has 4 aromatic rings. The third kappa shape index (κ3) is 5.17. The molecule has 3 atom stereocenters. The summed E-state index contributed by atoms with van der Waals surface area (Å²) in [7, 11) is 1.88. The summed E-state index contributed by atoms with van der Waals surface area (Å²) in [6.45, 7) is 4.98. The van der Waals surface area contributed by atoms with Gasteiger partial charge in [0.05, 0.1) is 12.2 Å². The zero-order valence-corrected chi connectivity index (χ0v) is 22.6. The van der Waals surface area contributed by atoms with Crippen LogP contribution in [0.15, 0.2) is 41.5 Å². The van der Waals surface area contributed by atoms with Crippen molar-refractivity contribution in [2.45, 2.75) is 57.3 Å². The second-order valence-corrected chi connectivity index (χ2v) is 10.7. The maximum Gasteiger partial charge on any atom is 0.433 e. The standard InChI is InChI=1S/C27H29F4N7O3/c1-14(2)37-21-20(8-9-32-24(21)35-26(37)39)40-19-7-6-15(11-18(19)28)34-25-22(41-25)17-12-33-38(23(17)27(29,30)31)16-5-4-10-36(3)13-16/h6-9,11-12,14,16,22,25,34H,4-5,10,13H2,1-3H3,(H,32,35,39). The fourth-order valence-corrected chi connectivity index (χ4v) is 5.51. The number of aromatic nitrogens is 5. The molecule has 5 heterocycles. The maximum atomic E-state index is 15.1. The first-order chi connectivity index (χ1) is 19.5. The van der Waals surface area contributed by atoms with Gasteiger partial charge in [0.25, 0.3) is 0 Å². The highest BCUT2D eigenvalue weighted by Crippen LogP contribution is 2.46. The lowest BCUT2D eigenvalue weighted by atomic mass is 10.1. The highest BCUT2D eigenvalue weighted by Gasteiger charge is 2.49. The van der Waals surface area contributed by atoms with Gasteiger partial charge in [-0.1, -0.05) is 0 Å². The average Bonchev–Trinajstić information content (AvgIpc) is 3.34. The van der Waals surface area contributed by atoms with Crippen LogP contribution in [0.3, 0.4) is 0 Å². The summed E-state index contributed by atoms with van der Waals surface area (Å²) in [5.74, 6) is -0.567. The molecule has 0 amide bonds. The molecule has 0 spiro atoms. The van der Waals surface area contributed by atoms with E-state index in [1.54, 1.807) is 0 Å². The van der Waals surface area contributed by atoms with E-state index in [-0.39, 0.29) is 34.8 Å². The van der Waals surface area contributed by atoms with Crippen molar-refractivity contribution in [1.29, 1.82) is 0 Å². The number of anilines is 1. The minimum absolute atomic E-state index is 0.0481. The van der Waals surface area contributed by atoms with Crippen molar-refractivity contribution in [2.75, 3.05) is 25.5 Å². The minimum atomic E-state index is -4.61. The Morgan fingerprint density at radius 2 is 2.02 bits per heavy atom. The van der Waals surface area contributed by atoms with Gasteiger partial charge in [0, 0.05) is 42.2 Å². The van der Waals surface area contributed by atoms with E-state index in [4.69, 9.17) is 9.47 Å². The predicted octanol–water partition coefficient (Wildman–Crippen LogP) is 5.23. The van der Waals surface area contributed by atoms with Crippen molar-refractivity contribution in [2.24, 2.45) is 0 Å². The van der Waals surface area contributed by atoms with Gasteiger partial charge < -0.3 is 19.7 Å². The van der Waals surface area contributed by atoms with Crippen LogP contribution >= 0.6 is 0 Å². The SMILES string of the molecule is CC(C)n1c(=O)[nH]c2nccc(Oc3ccc(NC4OC4c4cnn(C5CCCN(C)C5)c4C(F)(F)F)cc3F)c21. The highest BCUT2D eigenvalue weighted by atomic mass is 19.4. The van der Waals surface area contributed by atoms with Crippen LogP contribution in [0.2, 0.25) is 0 Å². The third-order valence-corrected chi connectivity index (χ3v) is 7.39. The molecule has 6 rings (SSSR count). The second-order valence-electron chi connectivity index (χ2n) is 10.7. The molecule has 0 aliphatic carbocycles. The van der Waals surface area contributed by atoms with Gasteiger partial charge in [-0.3, -0.25) is 14.2 Å². The summed E-state index contributed by atoms with van der Waals surface area (Å²) in [5.41, 5.74) is -0.192. The molecule has 218 valence electrons. The molecule has 41 heavy (non-hydrogen) atoms. The van der Waals surface area contributed by atoms with E-state index in [0.717, 1.165) is 17.6 Å². The summed E-state index contributed by atoms with van der Waals surface area (Å²) in [5, 5.41) is 7.04. The molecule has 2 aliphatic heterocycles. The number of alkyl halides is 3. The fraction of sp³-hybridized carbons (Fsp3) is 0.444. The number of hydrogen-bond donors (Lipinski definition) is 2. The molecule has 3 unspecified atom stereocenters. The molecule has 1 aromatic carbocycles. The van der Waals surface area contributed by atoms with Crippen LogP contribution in [-0.2, 0) is 10.9 Å². The Morgan fingerprint density at radius 1 is 1.22 bits per heavy atom. The number of hydrogen-bond acceptors (Lipinski definition) is 7. The number of benzene rings is 1. The van der Waals surface area contributed by atoms with Crippen molar-refractivity contribution >= 4 is 16.9 Å². The van der Waals surface area contributed by atoms with Crippen molar-refractivity contribution in [3.63, 3.8) is 0 Å². The Balaban J connectivity index is 1.19. The highest BCUT2D eigenvalue weighted by molar-refractivity contribution is 5.78. The van der Waals surface area contributed by atoms with Crippen molar-refractivity contribution in [3.05, 3.63) is 64.2 Å². The van der Waals surface area contributed by atoms with Crippen LogP contribution in [0.25, 0.3) is 11.2 Å². The Kier molecular flexibility index (Phi) is 6.77. The number of rotatable bonds is 7. The number of epoxide rings is 1. The lowest BCUT2D eigenvalue weighted by molar-refractivity contribution is -0.146. The molecule has 10 nitrogen and oxygen atoms in total. The van der Waals surface area contributed by atoms with Crippen LogP contribution in [0.5, 0.6) is 11.5 Å². The minimum Gasteiger partial charge on any atom is -0.452 e. The number of nitrogens with one attached hydrogen (secondary N) is 2. The van der Waals surface area contributed by atoms with Crippen LogP contribution in [0, 0.1) is 5.82 Å². The molecular formula is C27H29F4N7O3. The molecule has 0 bridgehead atoms. The third-order valence-electron chi connectivity index (χ3n) is 7.39. The van der Waals surface area contributed by atoms with Gasteiger partial charge >= 0.3 is 11.9 Å². The number of likely N-dealkylation sites (N-methyl/N-ethyl adjacent to an activating group) is 1. The molecule has 14 heteroatoms. The Labute approximate surface area is 231 Å². The first-order valence-electron chi connectivity index (χ1n) is 13.3. The molecular weight excluding hydrogens is 546 g/mol.